The Balaban J connectivity index is 1.90. The number of aromatic hydroxyl groups is 1. The molecule has 3 aromatic rings. The van der Waals surface area contributed by atoms with Crippen molar-refractivity contribution in [2.75, 3.05) is 26.3 Å². The molecule has 27 heavy (non-hydrogen) atoms. The van der Waals surface area contributed by atoms with E-state index in [1.54, 1.807) is 6.07 Å². The maximum Gasteiger partial charge on any atom is 0.146 e. The van der Waals surface area contributed by atoms with Gasteiger partial charge in [0, 0.05) is 41.4 Å². The average Bonchev–Trinajstić information content (AvgIpc) is 2.66. The van der Waals surface area contributed by atoms with Crippen LogP contribution in [0.25, 0.3) is 10.9 Å². The summed E-state index contributed by atoms with van der Waals surface area (Å²) in [5.74, 6) is -1.24. The Hall–Kier alpha value is -2.57. The van der Waals surface area contributed by atoms with Crippen LogP contribution in [0.1, 0.15) is 22.9 Å². The van der Waals surface area contributed by atoms with Crippen molar-refractivity contribution < 1.29 is 18.6 Å². The Morgan fingerprint density at radius 2 is 1.74 bits per heavy atom. The predicted molar refractivity (Wildman–Crippen MR) is 98.7 cm³/mol. The molecule has 4 nitrogen and oxygen atoms in total. The van der Waals surface area contributed by atoms with Crippen molar-refractivity contribution in [3.05, 3.63) is 70.9 Å². The molecule has 1 fully saturated rings. The van der Waals surface area contributed by atoms with E-state index in [0.29, 0.717) is 42.9 Å². The molecular formula is C21H20F2N2O2. The molecule has 1 aliphatic rings. The van der Waals surface area contributed by atoms with E-state index in [1.165, 1.54) is 12.1 Å². The summed E-state index contributed by atoms with van der Waals surface area (Å²) in [5, 5.41) is 11.8. The first-order chi connectivity index (χ1) is 13.0. The molecule has 0 saturated carbocycles. The molecule has 0 amide bonds. The number of fused-ring (bicyclic) bond motifs is 1. The third-order valence-corrected chi connectivity index (χ3v) is 4.97. The average molecular weight is 370 g/mol. The van der Waals surface area contributed by atoms with Gasteiger partial charge in [0.25, 0.3) is 0 Å². The number of aryl methyl sites for hydroxylation is 1. The number of nitrogens with zero attached hydrogens (tertiary/aromatic N) is 2. The van der Waals surface area contributed by atoms with Crippen molar-refractivity contribution in [2.24, 2.45) is 0 Å². The summed E-state index contributed by atoms with van der Waals surface area (Å²) in [4.78, 5) is 6.48. The lowest BCUT2D eigenvalue weighted by atomic mass is 9.94. The zero-order valence-electron chi connectivity index (χ0n) is 15.0. The Kier molecular flexibility index (Phi) is 4.76. The second-order valence-electron chi connectivity index (χ2n) is 6.74. The van der Waals surface area contributed by atoms with Crippen LogP contribution >= 0.6 is 0 Å². The Morgan fingerprint density at radius 1 is 1.04 bits per heavy atom. The first-order valence-corrected chi connectivity index (χ1v) is 8.90. The minimum Gasteiger partial charge on any atom is -0.505 e. The van der Waals surface area contributed by atoms with E-state index in [9.17, 15) is 13.9 Å². The van der Waals surface area contributed by atoms with Crippen molar-refractivity contribution >= 4 is 10.9 Å². The lowest BCUT2D eigenvalue weighted by Crippen LogP contribution is -2.39. The highest BCUT2D eigenvalue weighted by atomic mass is 19.1. The zero-order valence-corrected chi connectivity index (χ0v) is 15.0. The standard InChI is InChI=1S/C21H20F2N2O2/c1-13-2-3-14-4-6-17(21(26)19(14)24-13)20(25-8-10-27-11-9-25)16-7-5-15(22)12-18(16)23/h2-7,12,20,26H,8-11H2,1H3. The number of pyridine rings is 1. The van der Waals surface area contributed by atoms with Gasteiger partial charge in [-0.05, 0) is 19.1 Å². The fourth-order valence-corrected chi connectivity index (χ4v) is 3.63. The normalized spacial score (nSPS) is 16.6. The van der Waals surface area contributed by atoms with Gasteiger partial charge in [0.1, 0.15) is 22.9 Å². The van der Waals surface area contributed by atoms with Crippen LogP contribution in [-0.2, 0) is 4.74 Å². The van der Waals surface area contributed by atoms with Gasteiger partial charge in [-0.1, -0.05) is 24.3 Å². The van der Waals surface area contributed by atoms with Gasteiger partial charge < -0.3 is 9.84 Å². The number of ether oxygens (including phenoxy) is 1. The molecule has 1 aromatic heterocycles. The minimum atomic E-state index is -0.636. The van der Waals surface area contributed by atoms with Crippen molar-refractivity contribution in [2.45, 2.75) is 13.0 Å². The van der Waals surface area contributed by atoms with Gasteiger partial charge >= 0.3 is 0 Å². The van der Waals surface area contributed by atoms with Crippen LogP contribution in [-0.4, -0.2) is 41.3 Å². The number of rotatable bonds is 3. The summed E-state index contributed by atoms with van der Waals surface area (Å²) in [5.41, 5.74) is 2.13. The number of phenols is 1. The van der Waals surface area contributed by atoms with E-state index >= 15 is 0 Å². The largest absolute Gasteiger partial charge is 0.505 e. The van der Waals surface area contributed by atoms with E-state index in [2.05, 4.69) is 4.98 Å². The molecule has 2 aromatic carbocycles. The van der Waals surface area contributed by atoms with Crippen molar-refractivity contribution in [3.8, 4) is 5.75 Å². The van der Waals surface area contributed by atoms with E-state index in [1.807, 2.05) is 30.0 Å². The van der Waals surface area contributed by atoms with Crippen LogP contribution in [0.2, 0.25) is 0 Å². The van der Waals surface area contributed by atoms with Crippen molar-refractivity contribution in [1.29, 1.82) is 0 Å². The van der Waals surface area contributed by atoms with E-state index < -0.39 is 17.7 Å². The van der Waals surface area contributed by atoms with Crippen molar-refractivity contribution in [1.82, 2.24) is 9.88 Å². The van der Waals surface area contributed by atoms with Gasteiger partial charge in [-0.25, -0.2) is 13.8 Å². The van der Waals surface area contributed by atoms with Crippen LogP contribution in [0.15, 0.2) is 42.5 Å². The van der Waals surface area contributed by atoms with Crippen molar-refractivity contribution in [3.63, 3.8) is 0 Å². The van der Waals surface area contributed by atoms with E-state index in [0.717, 1.165) is 17.1 Å². The maximum absolute atomic E-state index is 14.7. The molecule has 0 bridgehead atoms. The smallest absolute Gasteiger partial charge is 0.146 e. The van der Waals surface area contributed by atoms with Crippen LogP contribution in [0.4, 0.5) is 8.78 Å². The molecule has 0 spiro atoms. The number of halogens is 2. The molecule has 6 heteroatoms. The Labute approximate surface area is 156 Å². The first-order valence-electron chi connectivity index (χ1n) is 8.90. The number of benzene rings is 2. The summed E-state index contributed by atoms with van der Waals surface area (Å²) in [6.07, 6.45) is 0. The summed E-state index contributed by atoms with van der Waals surface area (Å²) in [7, 11) is 0. The lowest BCUT2D eigenvalue weighted by molar-refractivity contribution is 0.0230. The second-order valence-corrected chi connectivity index (χ2v) is 6.74. The number of hydrogen-bond donors (Lipinski definition) is 1. The van der Waals surface area contributed by atoms with Crippen LogP contribution in [0, 0.1) is 18.6 Å². The molecule has 1 aliphatic heterocycles. The molecule has 0 radical (unpaired) electrons. The zero-order chi connectivity index (χ0) is 19.0. The van der Waals surface area contributed by atoms with E-state index in [4.69, 9.17) is 4.74 Å². The number of aromatic nitrogens is 1. The Morgan fingerprint density at radius 3 is 2.48 bits per heavy atom. The first kappa shape index (κ1) is 17.8. The van der Waals surface area contributed by atoms with Crippen LogP contribution in [0.5, 0.6) is 5.75 Å². The molecule has 140 valence electrons. The lowest BCUT2D eigenvalue weighted by Gasteiger charge is -2.35. The van der Waals surface area contributed by atoms with Crippen LogP contribution in [0.3, 0.4) is 0 Å². The topological polar surface area (TPSA) is 45.6 Å². The SMILES string of the molecule is Cc1ccc2ccc(C(c3ccc(F)cc3F)N3CCOCC3)c(O)c2n1. The molecule has 1 N–H and O–H groups in total. The third-order valence-electron chi connectivity index (χ3n) is 4.97. The second kappa shape index (κ2) is 7.21. The number of morpholine rings is 1. The van der Waals surface area contributed by atoms with Gasteiger partial charge in [-0.2, -0.15) is 0 Å². The fourth-order valence-electron chi connectivity index (χ4n) is 3.63. The van der Waals surface area contributed by atoms with Gasteiger partial charge in [-0.15, -0.1) is 0 Å². The maximum atomic E-state index is 14.7. The summed E-state index contributed by atoms with van der Waals surface area (Å²) >= 11 is 0. The number of hydrogen-bond acceptors (Lipinski definition) is 4. The highest BCUT2D eigenvalue weighted by Crippen LogP contribution is 2.39. The fraction of sp³-hybridized carbons (Fsp3) is 0.286. The van der Waals surface area contributed by atoms with Gasteiger partial charge in [0.05, 0.1) is 19.3 Å². The molecule has 4 rings (SSSR count). The predicted octanol–water partition coefficient (Wildman–Crippen LogP) is 3.95. The quantitative estimate of drug-likeness (QED) is 0.758. The summed E-state index contributed by atoms with van der Waals surface area (Å²) in [6.45, 7) is 4.06. The Bertz CT molecular complexity index is 987. The molecule has 1 unspecified atom stereocenters. The van der Waals surface area contributed by atoms with E-state index in [-0.39, 0.29) is 5.75 Å². The molecule has 0 aliphatic carbocycles. The highest BCUT2D eigenvalue weighted by molar-refractivity contribution is 5.86. The van der Waals surface area contributed by atoms with Crippen LogP contribution < -0.4 is 0 Å². The minimum absolute atomic E-state index is 0.0245. The van der Waals surface area contributed by atoms with Gasteiger partial charge in [-0.3, -0.25) is 4.90 Å². The van der Waals surface area contributed by atoms with Gasteiger partial charge in [0.15, 0.2) is 0 Å². The summed E-state index contributed by atoms with van der Waals surface area (Å²) in [6, 6.07) is 10.4. The number of phenolic OH excluding ortho intramolecular Hbond substituents is 1. The summed E-state index contributed by atoms with van der Waals surface area (Å²) < 4.78 is 33.5. The molecular weight excluding hydrogens is 350 g/mol. The highest BCUT2D eigenvalue weighted by Gasteiger charge is 2.29. The monoisotopic (exact) mass is 370 g/mol. The third kappa shape index (κ3) is 3.38. The molecule has 1 atom stereocenters. The van der Waals surface area contributed by atoms with Gasteiger partial charge in [0.2, 0.25) is 0 Å². The molecule has 2 heterocycles. The molecule has 1 saturated heterocycles.